The molecule has 1 heterocycles. The lowest BCUT2D eigenvalue weighted by Crippen LogP contribution is -2.33. The molecular formula is C17H27N3O4. The molecule has 0 fully saturated rings. The van der Waals surface area contributed by atoms with Gasteiger partial charge in [0.15, 0.2) is 0 Å². The van der Waals surface area contributed by atoms with Gasteiger partial charge in [-0.2, -0.15) is 0 Å². The maximum atomic E-state index is 12.1. The SMILES string of the molecule is CCOC(=O)CC[C@H](Nc1ncc(C(C)(C)C)cn1)C(=O)OCC. The molecule has 0 radical (unpaired) electrons. The fourth-order valence-corrected chi connectivity index (χ4v) is 1.93. The number of aromatic nitrogens is 2. The lowest BCUT2D eigenvalue weighted by atomic mass is 9.89. The zero-order valence-electron chi connectivity index (χ0n) is 15.1. The van der Waals surface area contributed by atoms with E-state index in [0.717, 1.165) is 5.56 Å². The van der Waals surface area contributed by atoms with Crippen molar-refractivity contribution in [1.82, 2.24) is 9.97 Å². The second kappa shape index (κ2) is 9.20. The minimum absolute atomic E-state index is 0.0526. The van der Waals surface area contributed by atoms with Crippen molar-refractivity contribution < 1.29 is 19.1 Å². The van der Waals surface area contributed by atoms with Gasteiger partial charge in [0.1, 0.15) is 6.04 Å². The van der Waals surface area contributed by atoms with Crippen LogP contribution in [0.4, 0.5) is 5.95 Å². The minimum atomic E-state index is -0.699. The third-order valence-electron chi connectivity index (χ3n) is 3.33. The first-order valence-electron chi connectivity index (χ1n) is 8.19. The Hall–Kier alpha value is -2.18. The summed E-state index contributed by atoms with van der Waals surface area (Å²) in [7, 11) is 0. The van der Waals surface area contributed by atoms with Crippen LogP contribution in [0.5, 0.6) is 0 Å². The van der Waals surface area contributed by atoms with E-state index in [1.54, 1.807) is 26.2 Å². The largest absolute Gasteiger partial charge is 0.466 e. The van der Waals surface area contributed by atoms with Gasteiger partial charge >= 0.3 is 11.9 Å². The molecule has 1 aromatic heterocycles. The number of hydrogen-bond donors (Lipinski definition) is 1. The predicted octanol–water partition coefficient (Wildman–Crippen LogP) is 2.46. The monoisotopic (exact) mass is 337 g/mol. The number of esters is 2. The predicted molar refractivity (Wildman–Crippen MR) is 90.6 cm³/mol. The smallest absolute Gasteiger partial charge is 0.328 e. The molecule has 134 valence electrons. The fraction of sp³-hybridized carbons (Fsp3) is 0.647. The zero-order chi connectivity index (χ0) is 18.2. The van der Waals surface area contributed by atoms with Gasteiger partial charge in [0.2, 0.25) is 5.95 Å². The van der Waals surface area contributed by atoms with E-state index in [1.807, 2.05) is 0 Å². The van der Waals surface area contributed by atoms with Crippen molar-refractivity contribution in [2.45, 2.75) is 58.9 Å². The third kappa shape index (κ3) is 6.52. The molecule has 7 heteroatoms. The van der Waals surface area contributed by atoms with Crippen LogP contribution < -0.4 is 5.32 Å². The Morgan fingerprint density at radius 1 is 1.12 bits per heavy atom. The molecule has 0 saturated heterocycles. The molecule has 0 unspecified atom stereocenters. The third-order valence-corrected chi connectivity index (χ3v) is 3.33. The van der Waals surface area contributed by atoms with E-state index >= 15 is 0 Å². The highest BCUT2D eigenvalue weighted by molar-refractivity contribution is 5.79. The van der Waals surface area contributed by atoms with Crippen molar-refractivity contribution in [2.75, 3.05) is 18.5 Å². The Morgan fingerprint density at radius 2 is 1.71 bits per heavy atom. The lowest BCUT2D eigenvalue weighted by molar-refractivity contribution is -0.145. The molecule has 0 aliphatic rings. The summed E-state index contributed by atoms with van der Waals surface area (Å²) < 4.78 is 9.92. The number of rotatable bonds is 8. The van der Waals surface area contributed by atoms with Gasteiger partial charge in [0, 0.05) is 18.8 Å². The summed E-state index contributed by atoms with van der Waals surface area (Å²) >= 11 is 0. The van der Waals surface area contributed by atoms with Crippen LogP contribution in [0.2, 0.25) is 0 Å². The first-order chi connectivity index (χ1) is 11.3. The van der Waals surface area contributed by atoms with Gasteiger partial charge in [-0.05, 0) is 31.2 Å². The van der Waals surface area contributed by atoms with Crippen molar-refractivity contribution in [3.63, 3.8) is 0 Å². The van der Waals surface area contributed by atoms with Crippen molar-refractivity contribution in [3.8, 4) is 0 Å². The maximum Gasteiger partial charge on any atom is 0.328 e. The quantitative estimate of drug-likeness (QED) is 0.729. The summed E-state index contributed by atoms with van der Waals surface area (Å²) in [6.07, 6.45) is 3.82. The normalized spacial score (nSPS) is 12.4. The molecule has 1 N–H and O–H groups in total. The van der Waals surface area contributed by atoms with Crippen molar-refractivity contribution in [2.24, 2.45) is 0 Å². The summed E-state index contributed by atoms with van der Waals surface area (Å²) in [5, 5.41) is 2.94. The average molecular weight is 337 g/mol. The summed E-state index contributed by atoms with van der Waals surface area (Å²) in [5.41, 5.74) is 0.940. The summed E-state index contributed by atoms with van der Waals surface area (Å²) in [6, 6.07) is -0.699. The van der Waals surface area contributed by atoms with Crippen LogP contribution >= 0.6 is 0 Å². The molecule has 1 rings (SSSR count). The van der Waals surface area contributed by atoms with E-state index in [2.05, 4.69) is 36.1 Å². The van der Waals surface area contributed by atoms with Gasteiger partial charge < -0.3 is 14.8 Å². The van der Waals surface area contributed by atoms with Crippen molar-refractivity contribution in [3.05, 3.63) is 18.0 Å². The minimum Gasteiger partial charge on any atom is -0.466 e. The zero-order valence-corrected chi connectivity index (χ0v) is 15.1. The number of nitrogens with zero attached hydrogens (tertiary/aromatic N) is 2. The van der Waals surface area contributed by atoms with Gasteiger partial charge in [0.05, 0.1) is 13.2 Å². The van der Waals surface area contributed by atoms with E-state index in [1.165, 1.54) is 0 Å². The fourth-order valence-electron chi connectivity index (χ4n) is 1.93. The molecule has 7 nitrogen and oxygen atoms in total. The van der Waals surface area contributed by atoms with Crippen LogP contribution in [-0.4, -0.2) is 41.2 Å². The van der Waals surface area contributed by atoms with Crippen LogP contribution in [0.15, 0.2) is 12.4 Å². The Balaban J connectivity index is 2.76. The summed E-state index contributed by atoms with van der Waals surface area (Å²) in [5.74, 6) is -0.465. The van der Waals surface area contributed by atoms with Crippen LogP contribution in [0.3, 0.4) is 0 Å². The van der Waals surface area contributed by atoms with Gasteiger partial charge in [-0.3, -0.25) is 4.79 Å². The topological polar surface area (TPSA) is 90.4 Å². The molecule has 24 heavy (non-hydrogen) atoms. The molecule has 0 saturated carbocycles. The van der Waals surface area contributed by atoms with Crippen LogP contribution in [0.1, 0.15) is 53.0 Å². The van der Waals surface area contributed by atoms with Crippen LogP contribution in [-0.2, 0) is 24.5 Å². The second-order valence-electron chi connectivity index (χ2n) is 6.34. The van der Waals surface area contributed by atoms with Gasteiger partial charge in [-0.15, -0.1) is 0 Å². The molecule has 0 bridgehead atoms. The molecule has 0 amide bonds. The van der Waals surface area contributed by atoms with E-state index in [4.69, 9.17) is 9.47 Å². The Labute approximate surface area is 143 Å². The first kappa shape index (κ1) is 19.9. The molecule has 0 spiro atoms. The summed E-state index contributed by atoms with van der Waals surface area (Å²) in [4.78, 5) is 32.0. The molecule has 0 aromatic carbocycles. The van der Waals surface area contributed by atoms with Gasteiger partial charge in [-0.1, -0.05) is 20.8 Å². The standard InChI is InChI=1S/C17H27N3O4/c1-6-23-14(21)9-8-13(15(22)24-7-2)20-16-18-10-12(11-19-16)17(3,4)5/h10-11,13H,6-9H2,1-5H3,(H,18,19,20)/t13-/m0/s1. The number of nitrogens with one attached hydrogen (secondary N) is 1. The Kier molecular flexibility index (Phi) is 7.61. The number of hydrogen-bond acceptors (Lipinski definition) is 7. The van der Waals surface area contributed by atoms with Crippen LogP contribution in [0.25, 0.3) is 0 Å². The highest BCUT2D eigenvalue weighted by atomic mass is 16.5. The van der Waals surface area contributed by atoms with Crippen LogP contribution in [0, 0.1) is 0 Å². The highest BCUT2D eigenvalue weighted by Gasteiger charge is 2.22. The van der Waals surface area contributed by atoms with Crippen molar-refractivity contribution in [1.29, 1.82) is 0 Å². The number of carbonyl (C=O) groups is 2. The maximum absolute atomic E-state index is 12.1. The number of carbonyl (C=O) groups excluding carboxylic acids is 2. The van der Waals surface area contributed by atoms with Gasteiger partial charge in [-0.25, -0.2) is 14.8 Å². The molecule has 1 aromatic rings. The highest BCUT2D eigenvalue weighted by Crippen LogP contribution is 2.20. The van der Waals surface area contributed by atoms with E-state index in [9.17, 15) is 9.59 Å². The number of anilines is 1. The molecular weight excluding hydrogens is 310 g/mol. The summed E-state index contributed by atoms with van der Waals surface area (Å²) in [6.45, 7) is 10.3. The van der Waals surface area contributed by atoms with E-state index < -0.39 is 12.0 Å². The Bertz CT molecular complexity index is 538. The van der Waals surface area contributed by atoms with Gasteiger partial charge in [0.25, 0.3) is 0 Å². The number of ether oxygens (including phenoxy) is 2. The second-order valence-corrected chi connectivity index (χ2v) is 6.34. The molecule has 1 atom stereocenters. The first-order valence-corrected chi connectivity index (χ1v) is 8.19. The lowest BCUT2D eigenvalue weighted by Gasteiger charge is -2.19. The van der Waals surface area contributed by atoms with Crippen molar-refractivity contribution >= 4 is 17.9 Å². The molecule has 0 aliphatic heterocycles. The average Bonchev–Trinajstić information content (AvgIpc) is 2.51. The van der Waals surface area contributed by atoms with E-state index in [0.29, 0.717) is 12.6 Å². The van der Waals surface area contributed by atoms with E-state index in [-0.39, 0.29) is 30.8 Å². The molecule has 0 aliphatic carbocycles. The Morgan fingerprint density at radius 3 is 2.21 bits per heavy atom.